The Bertz CT molecular complexity index is 997. The number of H-pyrrole nitrogens is 1. The fourth-order valence-electron chi connectivity index (χ4n) is 5.16. The van der Waals surface area contributed by atoms with E-state index >= 15 is 4.39 Å². The van der Waals surface area contributed by atoms with Crippen LogP contribution in [0.25, 0.3) is 0 Å². The lowest BCUT2D eigenvalue weighted by Gasteiger charge is -2.43. The van der Waals surface area contributed by atoms with Crippen LogP contribution in [0.15, 0.2) is 15.8 Å². The lowest BCUT2D eigenvalue weighted by Crippen LogP contribution is -2.69. The normalized spacial score (nSPS) is 25.6. The van der Waals surface area contributed by atoms with Crippen LogP contribution in [0, 0.1) is 3.57 Å². The number of nitrogens with one attached hydrogen (secondary N) is 1. The molecule has 1 unspecified atom stereocenters. The molecular formula is C27H47FIN3O8. The maximum absolute atomic E-state index is 15.1. The van der Waals surface area contributed by atoms with Crippen molar-refractivity contribution in [1.82, 2.24) is 14.6 Å². The van der Waals surface area contributed by atoms with Crippen molar-refractivity contribution in [2.45, 2.75) is 140 Å². The van der Waals surface area contributed by atoms with Gasteiger partial charge in [0.15, 0.2) is 6.30 Å². The van der Waals surface area contributed by atoms with Crippen molar-refractivity contribution in [3.05, 3.63) is 30.6 Å². The zero-order valence-electron chi connectivity index (χ0n) is 23.4. The molecule has 1 saturated heterocycles. The average molecular weight is 688 g/mol. The summed E-state index contributed by atoms with van der Waals surface area (Å²) in [6.07, 6.45) is 11.4. The summed E-state index contributed by atoms with van der Waals surface area (Å²) in [5, 5.41) is 52.9. The van der Waals surface area contributed by atoms with E-state index in [4.69, 9.17) is 4.74 Å². The number of aromatic amines is 1. The molecule has 1 aromatic rings. The summed E-state index contributed by atoms with van der Waals surface area (Å²) >= 11 is 1.55. The number of ether oxygens (including phenoxy) is 1. The van der Waals surface area contributed by atoms with E-state index in [0.29, 0.717) is 17.4 Å². The molecule has 13 heteroatoms. The minimum absolute atomic E-state index is 0.0994. The number of aliphatic hydroxyl groups is 4. The molecule has 1 aromatic heterocycles. The van der Waals surface area contributed by atoms with Gasteiger partial charge in [0.25, 0.3) is 5.56 Å². The highest BCUT2D eigenvalue weighted by molar-refractivity contribution is 14.1. The molecule has 1 fully saturated rings. The highest BCUT2D eigenvalue weighted by Crippen LogP contribution is 2.44. The molecule has 0 aliphatic carbocycles. The van der Waals surface area contributed by atoms with Crippen molar-refractivity contribution in [1.29, 1.82) is 0 Å². The van der Waals surface area contributed by atoms with Crippen LogP contribution in [-0.2, 0) is 10.6 Å². The minimum Gasteiger partial charge on any atom is -0.394 e. The summed E-state index contributed by atoms with van der Waals surface area (Å²) in [6.45, 7) is 1.30. The highest BCUT2D eigenvalue weighted by atomic mass is 127. The average Bonchev–Trinajstić information content (AvgIpc) is 3.14. The first-order chi connectivity index (χ1) is 19.0. The van der Waals surface area contributed by atoms with Gasteiger partial charge in [-0.3, -0.25) is 9.78 Å². The first-order valence-corrected chi connectivity index (χ1v) is 15.7. The highest BCUT2D eigenvalue weighted by Gasteiger charge is 2.71. The molecule has 11 nitrogen and oxygen atoms in total. The molecule has 2 rings (SSSR count). The number of unbranched alkanes of at least 4 members (excludes halogenated alkanes) is 14. The third-order valence-corrected chi connectivity index (χ3v) is 8.39. The Kier molecular flexibility index (Phi) is 15.2. The Morgan fingerprint density at radius 3 is 1.95 bits per heavy atom. The van der Waals surface area contributed by atoms with Gasteiger partial charge in [0, 0.05) is 6.20 Å². The van der Waals surface area contributed by atoms with Gasteiger partial charge >= 0.3 is 11.6 Å². The monoisotopic (exact) mass is 687 g/mol. The van der Waals surface area contributed by atoms with Gasteiger partial charge in [-0.1, -0.05) is 96.8 Å². The lowest BCUT2D eigenvalue weighted by atomic mass is 9.99. The molecule has 0 radical (unpaired) electrons. The summed E-state index contributed by atoms with van der Waals surface area (Å²) in [4.78, 5) is 26.1. The molecule has 0 aromatic carbocycles. The number of alkyl halides is 1. The van der Waals surface area contributed by atoms with E-state index in [-0.39, 0.29) is 15.1 Å². The number of hydrogen-bond donors (Lipinski definition) is 6. The van der Waals surface area contributed by atoms with Crippen LogP contribution in [0.4, 0.5) is 4.39 Å². The van der Waals surface area contributed by atoms with Crippen molar-refractivity contribution in [3.63, 3.8) is 0 Å². The van der Waals surface area contributed by atoms with Gasteiger partial charge < -0.3 is 30.4 Å². The molecule has 2 heterocycles. The zero-order chi connectivity index (χ0) is 29.8. The van der Waals surface area contributed by atoms with Crippen LogP contribution in [0.2, 0.25) is 0 Å². The Morgan fingerprint density at radius 2 is 1.48 bits per heavy atom. The number of hydroxylamine groups is 2. The van der Waals surface area contributed by atoms with Crippen LogP contribution in [0.3, 0.4) is 0 Å². The number of hydrogen-bond acceptors (Lipinski definition) is 9. The standard InChI is InChI=1S/C27H47FIN3O8/c1-2-3-4-5-6-7-8-9-10-11-12-13-14-15-16-17-22(28)32(39)26(37)23(34)21(19-33)40-27(26,38)31-18-20(29)24(35)30-25(31)36/h18,21-23,33-34,37-39H,2-17,19H2,1H3,(H,30,35,36)/t21-,22?,23-,26-,27-/m1/s1. The Morgan fingerprint density at radius 1 is 1.00 bits per heavy atom. The smallest absolute Gasteiger partial charge is 0.332 e. The molecule has 1 aliphatic rings. The second kappa shape index (κ2) is 17.2. The number of aliphatic hydroxyl groups excluding tert-OH is 2. The van der Waals surface area contributed by atoms with E-state index in [2.05, 4.69) is 6.92 Å². The maximum atomic E-state index is 15.1. The number of rotatable bonds is 20. The number of halogens is 2. The van der Waals surface area contributed by atoms with Crippen molar-refractivity contribution < 1.29 is 34.8 Å². The predicted octanol–water partition coefficient (Wildman–Crippen LogP) is 3.43. The van der Waals surface area contributed by atoms with Crippen molar-refractivity contribution >= 4 is 22.6 Å². The third-order valence-electron chi connectivity index (χ3n) is 7.63. The minimum atomic E-state index is -3.29. The van der Waals surface area contributed by atoms with Gasteiger partial charge in [0.2, 0.25) is 5.72 Å². The second-order valence-electron chi connectivity index (χ2n) is 10.7. The number of aromatic nitrogens is 2. The van der Waals surface area contributed by atoms with Crippen molar-refractivity contribution in [2.24, 2.45) is 0 Å². The van der Waals surface area contributed by atoms with Crippen LogP contribution in [0.1, 0.15) is 110 Å². The molecule has 5 atom stereocenters. The Hall–Kier alpha value is -0.940. The van der Waals surface area contributed by atoms with Crippen molar-refractivity contribution in [3.8, 4) is 0 Å². The van der Waals surface area contributed by atoms with E-state index in [1.54, 1.807) is 22.6 Å². The summed E-state index contributed by atoms with van der Waals surface area (Å²) in [5.74, 6) is -3.24. The van der Waals surface area contributed by atoms with Gasteiger partial charge in [-0.25, -0.2) is 13.8 Å². The second-order valence-corrected chi connectivity index (χ2v) is 11.9. The number of nitrogens with zero attached hydrogens (tertiary/aromatic N) is 2. The SMILES string of the molecule is CCCCCCCCCCCCCCCCCC(F)N(O)[C@@]1(O)[C@H](O)[C@@H](CO)O[C@@]1(O)n1cc(I)c(=O)[nH]c1=O. The summed E-state index contributed by atoms with van der Waals surface area (Å²) < 4.78 is 20.5. The van der Waals surface area contributed by atoms with E-state index in [0.717, 1.165) is 25.5 Å². The molecule has 1 aliphatic heterocycles. The summed E-state index contributed by atoms with van der Waals surface area (Å²) in [7, 11) is 0. The molecule has 40 heavy (non-hydrogen) atoms. The third kappa shape index (κ3) is 8.79. The van der Waals surface area contributed by atoms with Gasteiger partial charge in [0.05, 0.1) is 10.2 Å². The van der Waals surface area contributed by atoms with Crippen LogP contribution < -0.4 is 11.2 Å². The fourth-order valence-corrected chi connectivity index (χ4v) is 5.58. The molecule has 0 amide bonds. The van der Waals surface area contributed by atoms with E-state index in [1.165, 1.54) is 64.2 Å². The predicted molar refractivity (Wildman–Crippen MR) is 155 cm³/mol. The molecule has 232 valence electrons. The van der Waals surface area contributed by atoms with E-state index in [1.807, 2.05) is 4.98 Å². The first-order valence-electron chi connectivity index (χ1n) is 14.6. The first kappa shape index (κ1) is 35.3. The van der Waals surface area contributed by atoms with Gasteiger partial charge in [0.1, 0.15) is 12.2 Å². The molecule has 0 bridgehead atoms. The Balaban J connectivity index is 1.81. The Labute approximate surface area is 248 Å². The zero-order valence-corrected chi connectivity index (χ0v) is 25.6. The van der Waals surface area contributed by atoms with Crippen LogP contribution in [-0.4, -0.2) is 71.1 Å². The van der Waals surface area contributed by atoms with Crippen LogP contribution in [0.5, 0.6) is 0 Å². The van der Waals surface area contributed by atoms with Crippen LogP contribution >= 0.6 is 22.6 Å². The summed E-state index contributed by atoms with van der Waals surface area (Å²) in [6, 6.07) is 0. The van der Waals surface area contributed by atoms with E-state index in [9.17, 15) is 35.2 Å². The molecule has 6 N–H and O–H groups in total. The maximum Gasteiger partial charge on any atom is 0.332 e. The topological polar surface area (TPSA) is 168 Å². The fraction of sp³-hybridized carbons (Fsp3) is 0.852. The largest absolute Gasteiger partial charge is 0.394 e. The lowest BCUT2D eigenvalue weighted by molar-refractivity contribution is -0.428. The van der Waals surface area contributed by atoms with Gasteiger partial charge in [-0.15, -0.1) is 5.06 Å². The molecule has 0 spiro atoms. The van der Waals surface area contributed by atoms with Gasteiger partial charge in [-0.2, -0.15) is 0 Å². The van der Waals surface area contributed by atoms with E-state index < -0.39 is 48.0 Å². The molecular weight excluding hydrogens is 640 g/mol. The van der Waals surface area contributed by atoms with Crippen molar-refractivity contribution in [2.75, 3.05) is 6.61 Å². The quantitative estimate of drug-likeness (QED) is 0.0396. The summed E-state index contributed by atoms with van der Waals surface area (Å²) in [5.41, 5.74) is -5.33. The molecule has 0 saturated carbocycles. The van der Waals surface area contributed by atoms with Gasteiger partial charge in [-0.05, 0) is 35.4 Å².